The minimum absolute atomic E-state index is 0.0701. The number of rotatable bonds is 5. The van der Waals surface area contributed by atoms with Gasteiger partial charge in [-0.05, 0) is 47.9 Å². The van der Waals surface area contributed by atoms with Gasteiger partial charge in [-0.25, -0.2) is 0 Å². The first-order valence-electron chi connectivity index (χ1n) is 7.97. The molecule has 122 valence electrons. The van der Waals surface area contributed by atoms with Crippen LogP contribution in [0.2, 0.25) is 5.02 Å². The highest BCUT2D eigenvalue weighted by Crippen LogP contribution is 2.29. The summed E-state index contributed by atoms with van der Waals surface area (Å²) in [6.07, 6.45) is 3.73. The van der Waals surface area contributed by atoms with Gasteiger partial charge in [-0.15, -0.1) is 11.3 Å². The van der Waals surface area contributed by atoms with Crippen molar-refractivity contribution < 1.29 is 4.79 Å². The Kier molecular flexibility index (Phi) is 5.36. The summed E-state index contributed by atoms with van der Waals surface area (Å²) in [7, 11) is 0. The highest BCUT2D eigenvalue weighted by molar-refractivity contribution is 7.10. The van der Waals surface area contributed by atoms with E-state index in [1.165, 1.54) is 0 Å². The van der Waals surface area contributed by atoms with Crippen LogP contribution in [0.25, 0.3) is 0 Å². The lowest BCUT2D eigenvalue weighted by Gasteiger charge is -2.21. The van der Waals surface area contributed by atoms with Crippen molar-refractivity contribution in [3.05, 3.63) is 57.2 Å². The number of halogens is 1. The van der Waals surface area contributed by atoms with Gasteiger partial charge in [0.05, 0.1) is 6.04 Å². The smallest absolute Gasteiger partial charge is 0.221 e. The van der Waals surface area contributed by atoms with Crippen molar-refractivity contribution in [2.75, 3.05) is 0 Å². The second-order valence-electron chi connectivity index (χ2n) is 6.13. The fraction of sp³-hybridized carbons (Fsp3) is 0.389. The molecule has 1 amide bonds. The molecule has 3 rings (SSSR count). The van der Waals surface area contributed by atoms with Crippen molar-refractivity contribution in [1.29, 1.82) is 0 Å². The molecule has 0 saturated heterocycles. The minimum atomic E-state index is -0.127. The Labute approximate surface area is 145 Å². The maximum Gasteiger partial charge on any atom is 0.221 e. The third-order valence-electron chi connectivity index (χ3n) is 4.50. The zero-order chi connectivity index (χ0) is 16.2. The summed E-state index contributed by atoms with van der Waals surface area (Å²) >= 11 is 7.62. The van der Waals surface area contributed by atoms with E-state index >= 15 is 0 Å². The van der Waals surface area contributed by atoms with Crippen LogP contribution in [0.15, 0.2) is 41.8 Å². The van der Waals surface area contributed by atoms with Crippen LogP contribution < -0.4 is 11.1 Å². The molecule has 3 N–H and O–H groups in total. The average molecular weight is 349 g/mol. The minimum Gasteiger partial charge on any atom is -0.344 e. The molecule has 0 bridgehead atoms. The molecule has 1 fully saturated rings. The topological polar surface area (TPSA) is 55.1 Å². The zero-order valence-corrected chi connectivity index (χ0v) is 14.4. The average Bonchev–Trinajstić information content (AvgIpc) is 3.19. The predicted molar refractivity (Wildman–Crippen MR) is 95.7 cm³/mol. The SMILES string of the molecule is N[C@@H]1CCC[C@H]1CC(=O)NC(c1ccc(Cl)cc1)c1cccs1. The van der Waals surface area contributed by atoms with Gasteiger partial charge in [0.15, 0.2) is 0 Å². The Morgan fingerprint density at radius 1 is 1.30 bits per heavy atom. The lowest BCUT2D eigenvalue weighted by atomic mass is 9.99. The van der Waals surface area contributed by atoms with E-state index in [-0.39, 0.29) is 18.0 Å². The van der Waals surface area contributed by atoms with Gasteiger partial charge in [0.1, 0.15) is 0 Å². The number of thiophene rings is 1. The Hall–Kier alpha value is -1.36. The Bertz CT molecular complexity index is 642. The summed E-state index contributed by atoms with van der Waals surface area (Å²) < 4.78 is 0. The van der Waals surface area contributed by atoms with Crippen LogP contribution >= 0.6 is 22.9 Å². The molecule has 1 heterocycles. The number of nitrogens with one attached hydrogen (secondary N) is 1. The molecule has 1 aliphatic carbocycles. The molecule has 23 heavy (non-hydrogen) atoms. The Morgan fingerprint density at radius 2 is 2.09 bits per heavy atom. The van der Waals surface area contributed by atoms with Gasteiger partial charge in [-0.3, -0.25) is 4.79 Å². The maximum absolute atomic E-state index is 12.5. The Morgan fingerprint density at radius 3 is 2.70 bits per heavy atom. The molecular weight excluding hydrogens is 328 g/mol. The van der Waals surface area contributed by atoms with Gasteiger partial charge in [-0.2, -0.15) is 0 Å². The molecule has 3 atom stereocenters. The van der Waals surface area contributed by atoms with Crippen LogP contribution in [-0.4, -0.2) is 11.9 Å². The summed E-state index contributed by atoms with van der Waals surface area (Å²) in [6.45, 7) is 0. The second-order valence-corrected chi connectivity index (χ2v) is 7.54. The van der Waals surface area contributed by atoms with Crippen LogP contribution in [0.4, 0.5) is 0 Å². The van der Waals surface area contributed by atoms with E-state index in [4.69, 9.17) is 17.3 Å². The second kappa shape index (κ2) is 7.47. The standard InChI is InChI=1S/C18H21ClN2OS/c19-14-8-6-12(7-9-14)18(16-5-2-10-23-16)21-17(22)11-13-3-1-4-15(13)20/h2,5-10,13,15,18H,1,3-4,11,20H2,(H,21,22)/t13-,15+,18?/m0/s1. The number of amides is 1. The maximum atomic E-state index is 12.5. The van der Waals surface area contributed by atoms with Crippen molar-refractivity contribution in [1.82, 2.24) is 5.32 Å². The molecule has 0 radical (unpaired) electrons. The van der Waals surface area contributed by atoms with Gasteiger partial charge < -0.3 is 11.1 Å². The van der Waals surface area contributed by atoms with E-state index in [2.05, 4.69) is 5.32 Å². The molecule has 1 saturated carbocycles. The van der Waals surface area contributed by atoms with Crippen LogP contribution in [0.1, 0.15) is 42.2 Å². The highest BCUT2D eigenvalue weighted by atomic mass is 35.5. The Balaban J connectivity index is 1.74. The summed E-state index contributed by atoms with van der Waals surface area (Å²) in [5.41, 5.74) is 7.13. The fourth-order valence-corrected chi connectivity index (χ4v) is 4.13. The first kappa shape index (κ1) is 16.5. The molecule has 0 aliphatic heterocycles. The van der Waals surface area contributed by atoms with Crippen LogP contribution in [0.5, 0.6) is 0 Å². The lowest BCUT2D eigenvalue weighted by Crippen LogP contribution is -2.33. The molecule has 1 aromatic heterocycles. The van der Waals surface area contributed by atoms with Gasteiger partial charge >= 0.3 is 0 Å². The summed E-state index contributed by atoms with van der Waals surface area (Å²) in [5, 5.41) is 5.90. The molecule has 3 nitrogen and oxygen atoms in total. The van der Waals surface area contributed by atoms with Crippen LogP contribution in [0, 0.1) is 5.92 Å². The number of carbonyl (C=O) groups excluding carboxylic acids is 1. The van der Waals surface area contributed by atoms with Crippen molar-refractivity contribution in [2.45, 2.75) is 37.8 Å². The van der Waals surface area contributed by atoms with Crippen LogP contribution in [0.3, 0.4) is 0 Å². The van der Waals surface area contributed by atoms with Crippen molar-refractivity contribution >= 4 is 28.8 Å². The van der Waals surface area contributed by atoms with E-state index in [9.17, 15) is 4.79 Å². The number of benzene rings is 1. The monoisotopic (exact) mass is 348 g/mol. The van der Waals surface area contributed by atoms with E-state index in [1.807, 2.05) is 41.8 Å². The number of hydrogen-bond acceptors (Lipinski definition) is 3. The van der Waals surface area contributed by atoms with Gasteiger partial charge in [0.25, 0.3) is 0 Å². The molecule has 0 spiro atoms. The molecule has 5 heteroatoms. The molecule has 1 unspecified atom stereocenters. The van der Waals surface area contributed by atoms with Gasteiger partial charge in [0, 0.05) is 22.4 Å². The van der Waals surface area contributed by atoms with Gasteiger partial charge in [0.2, 0.25) is 5.91 Å². The van der Waals surface area contributed by atoms with Crippen LogP contribution in [-0.2, 0) is 4.79 Å². The van der Waals surface area contributed by atoms with E-state index in [1.54, 1.807) is 11.3 Å². The third kappa shape index (κ3) is 4.14. The highest BCUT2D eigenvalue weighted by Gasteiger charge is 2.27. The van der Waals surface area contributed by atoms with E-state index in [0.717, 1.165) is 29.7 Å². The summed E-state index contributed by atoms with van der Waals surface area (Å²) in [5.74, 6) is 0.380. The van der Waals surface area contributed by atoms with Gasteiger partial charge in [-0.1, -0.05) is 36.2 Å². The zero-order valence-electron chi connectivity index (χ0n) is 12.9. The van der Waals surface area contributed by atoms with Crippen molar-refractivity contribution in [3.63, 3.8) is 0 Å². The quantitative estimate of drug-likeness (QED) is 0.853. The van der Waals surface area contributed by atoms with E-state index in [0.29, 0.717) is 17.4 Å². The number of hydrogen-bond donors (Lipinski definition) is 2. The summed E-state index contributed by atoms with van der Waals surface area (Å²) in [6, 6.07) is 11.7. The summed E-state index contributed by atoms with van der Waals surface area (Å²) in [4.78, 5) is 13.6. The first-order valence-corrected chi connectivity index (χ1v) is 9.23. The van der Waals surface area contributed by atoms with Crippen molar-refractivity contribution in [3.8, 4) is 0 Å². The fourth-order valence-electron chi connectivity index (χ4n) is 3.21. The normalized spacial score (nSPS) is 22.0. The predicted octanol–water partition coefficient (Wildman–Crippen LogP) is 4.12. The largest absolute Gasteiger partial charge is 0.344 e. The number of carbonyl (C=O) groups is 1. The molecule has 1 aromatic carbocycles. The van der Waals surface area contributed by atoms with E-state index < -0.39 is 0 Å². The third-order valence-corrected chi connectivity index (χ3v) is 5.69. The molecule has 1 aliphatic rings. The first-order chi connectivity index (χ1) is 11.1. The molecular formula is C18H21ClN2OS. The van der Waals surface area contributed by atoms with Crippen molar-refractivity contribution in [2.24, 2.45) is 11.7 Å². The lowest BCUT2D eigenvalue weighted by molar-refractivity contribution is -0.122. The molecule has 2 aromatic rings. The number of nitrogens with two attached hydrogens (primary N) is 1.